The largest absolute Gasteiger partial charge is 0.394 e. The molecule has 0 aromatic heterocycles. The number of nitrogens with one attached hydrogen (secondary N) is 1. The van der Waals surface area contributed by atoms with Crippen LogP contribution in [-0.4, -0.2) is 110 Å². The minimum absolute atomic E-state index is 0.242. The molecule has 1 amide bonds. The molecule has 0 spiro atoms. The van der Waals surface area contributed by atoms with Crippen LogP contribution in [0, 0.1) is 0 Å². The molecule has 1 aliphatic heterocycles. The van der Waals surface area contributed by atoms with Gasteiger partial charge in [0, 0.05) is 0 Å². The summed E-state index contributed by atoms with van der Waals surface area (Å²) in [6, 6.07) is -1.19. The highest BCUT2D eigenvalue weighted by Crippen LogP contribution is 2.24. The molecule has 478 valence electrons. The lowest BCUT2D eigenvalue weighted by Gasteiger charge is -2.40. The lowest BCUT2D eigenvalue weighted by molar-refractivity contribution is -0.303. The molecule has 1 fully saturated rings. The van der Waals surface area contributed by atoms with Crippen LogP contribution in [0.3, 0.4) is 0 Å². The Balaban J connectivity index is 2.22. The summed E-state index contributed by atoms with van der Waals surface area (Å²) in [5.41, 5.74) is 0. The molecule has 9 atom stereocenters. The van der Waals surface area contributed by atoms with E-state index in [1.165, 1.54) is 231 Å². The lowest BCUT2D eigenvalue weighted by atomic mass is 9.98. The van der Waals surface area contributed by atoms with Crippen LogP contribution < -0.4 is 5.32 Å². The SMILES string of the molecule is CCCCCCCCCCC/C=C\C/C=C\CCCCCCCCC(O)C(=O)NC(COC1OC(CO)C(O)C(O)C1O)C(O)C(O)CCC/C=C/CCCCCCCCCCCCCCCCCCCCCCCCCCCCC. The zero-order valence-electron chi connectivity index (χ0n) is 52.8. The Morgan fingerprint density at radius 2 is 0.765 bits per heavy atom. The van der Waals surface area contributed by atoms with Gasteiger partial charge in [-0.1, -0.05) is 301 Å². The van der Waals surface area contributed by atoms with Gasteiger partial charge in [0.1, 0.15) is 36.6 Å². The van der Waals surface area contributed by atoms with Crippen molar-refractivity contribution in [3.05, 3.63) is 36.5 Å². The van der Waals surface area contributed by atoms with E-state index in [4.69, 9.17) is 9.47 Å². The van der Waals surface area contributed by atoms with Gasteiger partial charge < -0.3 is 50.5 Å². The van der Waals surface area contributed by atoms with Gasteiger partial charge in [-0.05, 0) is 70.6 Å². The lowest BCUT2D eigenvalue weighted by Crippen LogP contribution is -2.60. The monoisotopic (exact) mass is 1150 g/mol. The predicted molar refractivity (Wildman–Crippen MR) is 339 cm³/mol. The van der Waals surface area contributed by atoms with Gasteiger partial charge in [-0.25, -0.2) is 0 Å². The fraction of sp³-hybridized carbons (Fsp3) is 0.900. The number of aliphatic hydroxyl groups excluding tert-OH is 7. The van der Waals surface area contributed by atoms with Gasteiger partial charge in [-0.15, -0.1) is 0 Å². The first-order valence-corrected chi connectivity index (χ1v) is 34.9. The van der Waals surface area contributed by atoms with Crippen molar-refractivity contribution in [3.8, 4) is 0 Å². The van der Waals surface area contributed by atoms with Crippen molar-refractivity contribution in [2.24, 2.45) is 0 Å². The summed E-state index contributed by atoms with van der Waals surface area (Å²) in [6.07, 6.45) is 63.8. The Morgan fingerprint density at radius 1 is 0.432 bits per heavy atom. The van der Waals surface area contributed by atoms with E-state index in [9.17, 15) is 40.5 Å². The van der Waals surface area contributed by atoms with Gasteiger partial charge in [-0.2, -0.15) is 0 Å². The summed E-state index contributed by atoms with van der Waals surface area (Å²) in [5.74, 6) is -0.710. The summed E-state index contributed by atoms with van der Waals surface area (Å²) < 4.78 is 11.2. The third kappa shape index (κ3) is 46.3. The van der Waals surface area contributed by atoms with Crippen LogP contribution in [0.4, 0.5) is 0 Å². The molecule has 11 heteroatoms. The van der Waals surface area contributed by atoms with Crippen LogP contribution in [0.1, 0.15) is 335 Å². The average Bonchev–Trinajstić information content (AvgIpc) is 3.49. The first-order valence-electron chi connectivity index (χ1n) is 34.9. The Bertz CT molecular complexity index is 1410. The van der Waals surface area contributed by atoms with Crippen molar-refractivity contribution in [3.63, 3.8) is 0 Å². The van der Waals surface area contributed by atoms with E-state index < -0.39 is 74.2 Å². The van der Waals surface area contributed by atoms with Gasteiger partial charge in [0.05, 0.1) is 25.4 Å². The van der Waals surface area contributed by atoms with Crippen LogP contribution in [0.15, 0.2) is 36.5 Å². The second-order valence-corrected chi connectivity index (χ2v) is 24.6. The van der Waals surface area contributed by atoms with Gasteiger partial charge in [0.15, 0.2) is 6.29 Å². The van der Waals surface area contributed by atoms with Gasteiger partial charge in [0.25, 0.3) is 0 Å². The highest BCUT2D eigenvalue weighted by molar-refractivity contribution is 5.80. The van der Waals surface area contributed by atoms with E-state index in [1.807, 2.05) is 0 Å². The number of allylic oxidation sites excluding steroid dienone is 6. The molecule has 11 nitrogen and oxygen atoms in total. The Kier molecular flexibility index (Phi) is 56.0. The molecule has 9 unspecified atom stereocenters. The molecule has 81 heavy (non-hydrogen) atoms. The van der Waals surface area contributed by atoms with Crippen LogP contribution in [0.5, 0.6) is 0 Å². The van der Waals surface area contributed by atoms with E-state index in [0.717, 1.165) is 64.2 Å². The number of hydrogen-bond acceptors (Lipinski definition) is 10. The number of carbonyl (C=O) groups is 1. The van der Waals surface area contributed by atoms with Gasteiger partial charge >= 0.3 is 0 Å². The van der Waals surface area contributed by atoms with Crippen LogP contribution in [0.2, 0.25) is 0 Å². The topological polar surface area (TPSA) is 189 Å². The van der Waals surface area contributed by atoms with Crippen molar-refractivity contribution in [2.45, 2.75) is 390 Å². The molecule has 8 N–H and O–H groups in total. The predicted octanol–water partition coefficient (Wildman–Crippen LogP) is 16.6. The van der Waals surface area contributed by atoms with E-state index in [0.29, 0.717) is 12.8 Å². The average molecular weight is 1150 g/mol. The summed E-state index contributed by atoms with van der Waals surface area (Å²) in [4.78, 5) is 13.2. The summed E-state index contributed by atoms with van der Waals surface area (Å²) >= 11 is 0. The minimum atomic E-state index is -1.67. The Labute approximate surface area is 498 Å². The Hall–Kier alpha value is -1.67. The highest BCUT2D eigenvalue weighted by Gasteiger charge is 2.44. The van der Waals surface area contributed by atoms with Crippen molar-refractivity contribution in [1.82, 2.24) is 5.32 Å². The van der Waals surface area contributed by atoms with E-state index >= 15 is 0 Å². The maximum Gasteiger partial charge on any atom is 0.249 e. The first kappa shape index (κ1) is 77.3. The second-order valence-electron chi connectivity index (χ2n) is 24.6. The maximum absolute atomic E-state index is 13.2. The zero-order valence-corrected chi connectivity index (χ0v) is 52.8. The van der Waals surface area contributed by atoms with Gasteiger partial charge in [0.2, 0.25) is 5.91 Å². The number of aliphatic hydroxyl groups is 7. The molecule has 1 rings (SSSR count). The number of rotatable bonds is 61. The molecule has 1 aliphatic rings. The third-order valence-corrected chi connectivity index (χ3v) is 16.9. The molecular weight excluding hydrogens is 1010 g/mol. The molecular formula is C70H133NO10. The van der Waals surface area contributed by atoms with Crippen LogP contribution >= 0.6 is 0 Å². The number of amides is 1. The van der Waals surface area contributed by atoms with Crippen molar-refractivity contribution >= 4 is 5.91 Å². The normalized spacial score (nSPS) is 19.3. The number of carbonyl (C=O) groups excluding carboxylic acids is 1. The second kappa shape index (κ2) is 58.7. The number of unbranched alkanes of at least 4 members (excludes halogenated alkanes) is 43. The third-order valence-electron chi connectivity index (χ3n) is 16.9. The van der Waals surface area contributed by atoms with E-state index in [-0.39, 0.29) is 12.8 Å². The van der Waals surface area contributed by atoms with Crippen molar-refractivity contribution in [1.29, 1.82) is 0 Å². The standard InChI is InChI=1S/C70H133NO10/c1-3-5-7-9-11-13-15-17-19-21-23-25-27-28-29-30-31-32-33-34-35-36-38-39-41-43-45-47-49-51-53-55-57-62(73)65(75)61(60-80-70-68(78)67(77)66(76)64(59-72)81-70)71-69(79)63(74)58-56-54-52-50-48-46-44-42-40-37-26-24-22-20-18-16-14-12-10-8-6-4-2/h24,26,40,42,49,51,61-68,70,72-78H,3-23,25,27-39,41,43-48,50,52-60H2,1-2H3,(H,71,79)/b26-24-,42-40-,51-49+. The van der Waals surface area contributed by atoms with E-state index in [2.05, 4.69) is 55.6 Å². The summed E-state index contributed by atoms with van der Waals surface area (Å²) in [6.45, 7) is 3.48. The van der Waals surface area contributed by atoms with Crippen molar-refractivity contribution < 1.29 is 50.0 Å². The first-order chi connectivity index (χ1) is 39.7. The maximum atomic E-state index is 13.2. The molecule has 0 aliphatic carbocycles. The van der Waals surface area contributed by atoms with Crippen molar-refractivity contribution in [2.75, 3.05) is 13.2 Å². The zero-order chi connectivity index (χ0) is 58.9. The molecule has 0 radical (unpaired) electrons. The minimum Gasteiger partial charge on any atom is -0.394 e. The molecule has 1 saturated heterocycles. The molecule has 0 aromatic rings. The van der Waals surface area contributed by atoms with Crippen LogP contribution in [-0.2, 0) is 14.3 Å². The number of ether oxygens (including phenoxy) is 2. The molecule has 0 bridgehead atoms. The summed E-state index contributed by atoms with van der Waals surface area (Å²) in [7, 11) is 0. The molecule has 1 heterocycles. The fourth-order valence-corrected chi connectivity index (χ4v) is 11.3. The molecule has 0 saturated carbocycles. The van der Waals surface area contributed by atoms with Crippen LogP contribution in [0.25, 0.3) is 0 Å². The number of hydrogen-bond donors (Lipinski definition) is 8. The quantitative estimate of drug-likeness (QED) is 0.0215. The highest BCUT2D eigenvalue weighted by atomic mass is 16.7. The van der Waals surface area contributed by atoms with E-state index in [1.54, 1.807) is 0 Å². The van der Waals surface area contributed by atoms with Gasteiger partial charge in [-0.3, -0.25) is 4.79 Å². The molecule has 0 aromatic carbocycles. The fourth-order valence-electron chi connectivity index (χ4n) is 11.3. The smallest absolute Gasteiger partial charge is 0.249 e. The Morgan fingerprint density at radius 3 is 1.14 bits per heavy atom. The summed E-state index contributed by atoms with van der Waals surface area (Å²) in [5, 5.41) is 76.4.